The highest BCUT2D eigenvalue weighted by Gasteiger charge is 2.30. The molecule has 3 aromatic rings. The van der Waals surface area contributed by atoms with Gasteiger partial charge in [-0.3, -0.25) is 4.79 Å². The molecule has 0 aliphatic rings. The highest BCUT2D eigenvalue weighted by molar-refractivity contribution is 5.92. The number of nitrogens with one attached hydrogen (secondary N) is 1. The molecule has 4 unspecified atom stereocenters. The second kappa shape index (κ2) is 13.3. The summed E-state index contributed by atoms with van der Waals surface area (Å²) in [6.45, 7) is 2.80. The molecule has 0 spiro atoms. The van der Waals surface area contributed by atoms with Gasteiger partial charge in [0.05, 0.1) is 11.6 Å². The first kappa shape index (κ1) is 29.0. The van der Waals surface area contributed by atoms with E-state index in [2.05, 4.69) is 5.32 Å². The van der Waals surface area contributed by atoms with Gasteiger partial charge in [-0.25, -0.2) is 9.59 Å². The lowest BCUT2D eigenvalue weighted by Crippen LogP contribution is -2.51. The molecule has 0 heterocycles. The Hall–Kier alpha value is -4.61. The van der Waals surface area contributed by atoms with Gasteiger partial charge in [0.25, 0.3) is 5.91 Å². The Balaban J connectivity index is 1.67. The summed E-state index contributed by atoms with van der Waals surface area (Å²) in [5.41, 5.74) is 19.5. The number of esters is 2. The Morgan fingerprint density at radius 1 is 0.795 bits per heavy atom. The van der Waals surface area contributed by atoms with Gasteiger partial charge in [0.15, 0.2) is 18.5 Å². The van der Waals surface area contributed by atoms with Gasteiger partial charge in [0.2, 0.25) is 0 Å². The van der Waals surface area contributed by atoms with E-state index in [1.165, 1.54) is 50.2 Å². The molecule has 11 nitrogen and oxygen atoms in total. The van der Waals surface area contributed by atoms with Crippen LogP contribution >= 0.6 is 0 Å². The Morgan fingerprint density at radius 3 is 1.87 bits per heavy atom. The number of carbonyl (C=O) groups excluding carboxylic acids is 3. The van der Waals surface area contributed by atoms with Crippen molar-refractivity contribution >= 4 is 34.9 Å². The molecule has 39 heavy (non-hydrogen) atoms. The third-order valence-corrected chi connectivity index (χ3v) is 5.68. The summed E-state index contributed by atoms with van der Waals surface area (Å²) < 4.78 is 16.0. The number of amides is 1. The van der Waals surface area contributed by atoms with Crippen LogP contribution in [0.4, 0.5) is 17.1 Å². The maximum absolute atomic E-state index is 12.9. The Morgan fingerprint density at radius 2 is 1.31 bits per heavy atom. The van der Waals surface area contributed by atoms with E-state index in [0.717, 1.165) is 5.56 Å². The van der Waals surface area contributed by atoms with E-state index in [-0.39, 0.29) is 17.7 Å². The van der Waals surface area contributed by atoms with Crippen molar-refractivity contribution in [1.29, 1.82) is 0 Å². The van der Waals surface area contributed by atoms with Crippen LogP contribution in [0.2, 0.25) is 0 Å². The minimum atomic E-state index is -1.62. The van der Waals surface area contributed by atoms with Crippen molar-refractivity contribution in [1.82, 2.24) is 5.32 Å². The first-order valence-corrected chi connectivity index (χ1v) is 12.1. The molecule has 0 aliphatic carbocycles. The Labute approximate surface area is 225 Å². The molecule has 4 atom stereocenters. The van der Waals surface area contributed by atoms with E-state index in [4.69, 9.17) is 31.4 Å². The average Bonchev–Trinajstić information content (AvgIpc) is 2.90. The second-order valence-corrected chi connectivity index (χ2v) is 8.89. The van der Waals surface area contributed by atoms with E-state index in [0.29, 0.717) is 17.1 Å². The standard InChI is InChI=1S/C28H32N4O7/c1-16(37-27(35)19-5-9-21(30)10-6-19)25(33)32-24(15-18-3-7-20(29)8-4-18)28(36)38-17(2)26(34)39-23-13-11-22(31)12-14-23/h3-14,16-17,24,28,36H,15,29-31H2,1-2H3,(H,32,33). The van der Waals surface area contributed by atoms with Crippen molar-refractivity contribution < 1.29 is 33.7 Å². The molecule has 8 N–H and O–H groups in total. The molecule has 0 saturated heterocycles. The topological polar surface area (TPSA) is 189 Å². The molecule has 3 rings (SSSR count). The van der Waals surface area contributed by atoms with E-state index in [1.54, 1.807) is 36.4 Å². The van der Waals surface area contributed by atoms with Crippen molar-refractivity contribution in [3.63, 3.8) is 0 Å². The number of aliphatic hydroxyl groups is 1. The molecule has 0 aliphatic heterocycles. The smallest absolute Gasteiger partial charge is 0.340 e. The predicted octanol–water partition coefficient (Wildman–Crippen LogP) is 2.04. The molecule has 1 amide bonds. The van der Waals surface area contributed by atoms with Gasteiger partial charge in [-0.15, -0.1) is 0 Å². The van der Waals surface area contributed by atoms with Crippen LogP contribution in [0.3, 0.4) is 0 Å². The van der Waals surface area contributed by atoms with Gasteiger partial charge in [-0.2, -0.15) is 0 Å². The number of anilines is 3. The van der Waals surface area contributed by atoms with Crippen LogP contribution in [0.5, 0.6) is 5.75 Å². The lowest BCUT2D eigenvalue weighted by molar-refractivity contribution is -0.177. The van der Waals surface area contributed by atoms with Gasteiger partial charge in [-0.05, 0) is 86.5 Å². The van der Waals surface area contributed by atoms with Gasteiger partial charge in [0, 0.05) is 17.1 Å². The number of rotatable bonds is 11. The quantitative estimate of drug-likeness (QED) is 0.105. The third-order valence-electron chi connectivity index (χ3n) is 5.68. The summed E-state index contributed by atoms with van der Waals surface area (Å²) in [7, 11) is 0. The van der Waals surface area contributed by atoms with Crippen LogP contribution < -0.4 is 27.3 Å². The molecular formula is C28H32N4O7. The predicted molar refractivity (Wildman–Crippen MR) is 145 cm³/mol. The minimum Gasteiger partial charge on any atom is -0.449 e. The Kier molecular flexibility index (Phi) is 9.85. The maximum atomic E-state index is 12.9. The third kappa shape index (κ3) is 8.73. The van der Waals surface area contributed by atoms with E-state index < -0.39 is 42.4 Å². The fourth-order valence-corrected chi connectivity index (χ4v) is 3.43. The molecular weight excluding hydrogens is 504 g/mol. The molecule has 0 saturated carbocycles. The summed E-state index contributed by atoms with van der Waals surface area (Å²) in [6, 6.07) is 18.0. The zero-order valence-electron chi connectivity index (χ0n) is 21.6. The largest absolute Gasteiger partial charge is 0.449 e. The molecule has 206 valence electrons. The molecule has 0 aromatic heterocycles. The number of hydrogen-bond acceptors (Lipinski definition) is 10. The van der Waals surface area contributed by atoms with Gasteiger partial charge >= 0.3 is 11.9 Å². The van der Waals surface area contributed by atoms with Crippen molar-refractivity contribution in [2.24, 2.45) is 0 Å². The van der Waals surface area contributed by atoms with Crippen molar-refractivity contribution in [2.75, 3.05) is 17.2 Å². The summed E-state index contributed by atoms with van der Waals surface area (Å²) in [6.07, 6.45) is -3.90. The Bertz CT molecular complexity index is 1260. The maximum Gasteiger partial charge on any atom is 0.340 e. The monoisotopic (exact) mass is 536 g/mol. The van der Waals surface area contributed by atoms with Crippen LogP contribution in [0.1, 0.15) is 29.8 Å². The summed E-state index contributed by atoms with van der Waals surface area (Å²) in [5, 5.41) is 13.5. The van der Waals surface area contributed by atoms with E-state index in [9.17, 15) is 19.5 Å². The fraction of sp³-hybridized carbons (Fsp3) is 0.250. The zero-order chi connectivity index (χ0) is 28.5. The summed E-state index contributed by atoms with van der Waals surface area (Å²) in [4.78, 5) is 37.8. The normalized spacial score (nSPS) is 13.9. The number of aliphatic hydroxyl groups excluding tert-OH is 1. The van der Waals surface area contributed by atoms with Crippen molar-refractivity contribution in [3.05, 3.63) is 83.9 Å². The van der Waals surface area contributed by atoms with Crippen LogP contribution in [-0.4, -0.2) is 47.5 Å². The number of ether oxygens (including phenoxy) is 3. The highest BCUT2D eigenvalue weighted by Crippen LogP contribution is 2.16. The van der Waals surface area contributed by atoms with Crippen LogP contribution in [0.25, 0.3) is 0 Å². The number of benzene rings is 3. The summed E-state index contributed by atoms with van der Waals surface area (Å²) in [5.74, 6) is -1.91. The van der Waals surface area contributed by atoms with Crippen LogP contribution in [0.15, 0.2) is 72.8 Å². The van der Waals surface area contributed by atoms with E-state index >= 15 is 0 Å². The molecule has 0 bridgehead atoms. The summed E-state index contributed by atoms with van der Waals surface area (Å²) >= 11 is 0. The molecule has 0 radical (unpaired) electrons. The fourth-order valence-electron chi connectivity index (χ4n) is 3.43. The lowest BCUT2D eigenvalue weighted by Gasteiger charge is -2.27. The van der Waals surface area contributed by atoms with Crippen LogP contribution in [0, 0.1) is 0 Å². The highest BCUT2D eigenvalue weighted by atomic mass is 16.6. The average molecular weight is 537 g/mol. The van der Waals surface area contributed by atoms with E-state index in [1.807, 2.05) is 0 Å². The van der Waals surface area contributed by atoms with Crippen LogP contribution in [-0.2, 0) is 25.5 Å². The lowest BCUT2D eigenvalue weighted by atomic mass is 10.0. The van der Waals surface area contributed by atoms with Gasteiger partial charge in [0.1, 0.15) is 5.75 Å². The number of hydrogen-bond donors (Lipinski definition) is 5. The molecule has 3 aromatic carbocycles. The first-order chi connectivity index (χ1) is 18.5. The number of nitrogen functional groups attached to an aromatic ring is 3. The van der Waals surface area contributed by atoms with Gasteiger partial charge in [-0.1, -0.05) is 12.1 Å². The second-order valence-electron chi connectivity index (χ2n) is 8.89. The zero-order valence-corrected chi connectivity index (χ0v) is 21.6. The number of carbonyl (C=O) groups is 3. The minimum absolute atomic E-state index is 0.117. The molecule has 11 heteroatoms. The van der Waals surface area contributed by atoms with Crippen molar-refractivity contribution in [3.8, 4) is 5.75 Å². The van der Waals surface area contributed by atoms with Gasteiger partial charge < -0.3 is 41.8 Å². The van der Waals surface area contributed by atoms with Crippen molar-refractivity contribution in [2.45, 2.75) is 44.8 Å². The first-order valence-electron chi connectivity index (χ1n) is 12.1. The number of nitrogens with two attached hydrogens (primary N) is 3. The molecule has 0 fully saturated rings. The SMILES string of the molecule is CC(OC(=O)c1ccc(N)cc1)C(=O)NC(Cc1ccc(N)cc1)C(O)OC(C)C(=O)Oc1ccc(N)cc1.